The van der Waals surface area contributed by atoms with Crippen molar-refractivity contribution in [1.82, 2.24) is 0 Å². The Hall–Kier alpha value is -0.737. The van der Waals surface area contributed by atoms with Gasteiger partial charge in [-0.25, -0.2) is 12.2 Å². The summed E-state index contributed by atoms with van der Waals surface area (Å²) in [7, 11) is 0. The van der Waals surface area contributed by atoms with Gasteiger partial charge in [-0.1, -0.05) is 0 Å². The summed E-state index contributed by atoms with van der Waals surface area (Å²) in [6, 6.07) is 0. The van der Waals surface area contributed by atoms with Gasteiger partial charge in [-0.15, -0.1) is 6.42 Å². The first-order valence-corrected chi connectivity index (χ1v) is 4.10. The average molecular weight is 224 g/mol. The van der Waals surface area contributed by atoms with E-state index in [0.717, 1.165) is 6.42 Å². The first-order valence-electron chi connectivity index (χ1n) is 2.46. The molecule has 3 heteroatoms. The first kappa shape index (κ1) is 9.26. The minimum Gasteiger partial charge on any atom is -0.273 e. The third-order valence-corrected chi connectivity index (χ3v) is 0.988. The Labute approximate surface area is 65.9 Å². The third-order valence-electron chi connectivity index (χ3n) is 0.654. The van der Waals surface area contributed by atoms with Crippen LogP contribution in [0.1, 0.15) is 6.42 Å². The number of rotatable bonds is 0. The molecule has 0 aliphatic heterocycles. The van der Waals surface area contributed by atoms with Gasteiger partial charge in [-0.2, -0.15) is 6.08 Å². The van der Waals surface area contributed by atoms with Crippen molar-refractivity contribution in [2.24, 2.45) is 0 Å². The van der Waals surface area contributed by atoms with Gasteiger partial charge in [0.2, 0.25) is 0 Å². The van der Waals surface area contributed by atoms with Crippen LogP contribution >= 0.6 is 0 Å². The van der Waals surface area contributed by atoms with Crippen LogP contribution in [0.5, 0.6) is 0 Å². The zero-order valence-electron chi connectivity index (χ0n) is 5.09. The normalized spacial score (nSPS) is 11.2. The van der Waals surface area contributed by atoms with Crippen LogP contribution in [-0.2, 0) is 25.8 Å². The summed E-state index contributed by atoms with van der Waals surface area (Å²) >= 11 is -0.704. The molecule has 0 saturated carbocycles. The van der Waals surface area contributed by atoms with Crippen molar-refractivity contribution < 1.29 is 25.8 Å². The number of hydrogen-bond donors (Lipinski definition) is 0. The van der Waals surface area contributed by atoms with E-state index in [1.165, 1.54) is 8.95 Å². The van der Waals surface area contributed by atoms with Gasteiger partial charge in [0.05, 0.1) is 0 Å². The predicted molar refractivity (Wildman–Crippen MR) is 33.0 cm³/mol. The molecule has 0 spiro atoms. The fourth-order valence-electron chi connectivity index (χ4n) is 0.354. The van der Waals surface area contributed by atoms with Crippen LogP contribution in [0.15, 0.2) is 18.2 Å². The van der Waals surface area contributed by atoms with Crippen LogP contribution < -0.4 is 0 Å². The van der Waals surface area contributed by atoms with Crippen molar-refractivity contribution in [3.63, 3.8) is 0 Å². The van der Waals surface area contributed by atoms with E-state index in [2.05, 4.69) is 12.2 Å². The molecule has 0 atom stereocenters. The zero-order valence-corrected chi connectivity index (χ0v) is 6.73. The molecule has 0 bridgehead atoms. The van der Waals surface area contributed by atoms with E-state index in [4.69, 9.17) is 9.59 Å². The van der Waals surface area contributed by atoms with Gasteiger partial charge in [0.1, 0.15) is 0 Å². The summed E-state index contributed by atoms with van der Waals surface area (Å²) in [5.41, 5.74) is 0. The van der Waals surface area contributed by atoms with Crippen molar-refractivity contribution in [3.8, 4) is 0 Å². The molecule has 0 heterocycles. The van der Waals surface area contributed by atoms with Gasteiger partial charge < -0.3 is 0 Å². The van der Waals surface area contributed by atoms with Crippen LogP contribution in [-0.4, -0.2) is 8.95 Å². The van der Waals surface area contributed by atoms with Crippen LogP contribution in [0.3, 0.4) is 0 Å². The molecular formula is C7H5O2Rh-. The van der Waals surface area contributed by atoms with E-state index in [0.29, 0.717) is 0 Å². The smallest absolute Gasteiger partial charge is 0.109 e. The van der Waals surface area contributed by atoms with E-state index in [-0.39, 0.29) is 0 Å². The van der Waals surface area contributed by atoms with Crippen LogP contribution in [0, 0.1) is 6.08 Å². The fourth-order valence-corrected chi connectivity index (χ4v) is 0.422. The molecule has 1 rings (SSSR count). The molecule has 0 aromatic rings. The van der Waals surface area contributed by atoms with Gasteiger partial charge in [0.25, 0.3) is 0 Å². The summed E-state index contributed by atoms with van der Waals surface area (Å²) in [6.45, 7) is 0. The van der Waals surface area contributed by atoms with Gasteiger partial charge in [0.15, 0.2) is 0 Å². The standard InChI is InChI=1S/C5H5.2CO.Rh/c1-2-4-5-3-1;2*1-2;/h1-3H,4H2;;;/q-1;;;. The minimum absolute atomic E-state index is 0.704. The first-order chi connectivity index (χ1) is 4.91. The van der Waals surface area contributed by atoms with Gasteiger partial charge in [-0.3, -0.25) is 6.08 Å². The van der Waals surface area contributed by atoms with Gasteiger partial charge in [-0.05, 0) is 0 Å². The maximum absolute atomic E-state index is 9.05. The van der Waals surface area contributed by atoms with Crippen molar-refractivity contribution in [2.45, 2.75) is 6.42 Å². The maximum atomic E-state index is 9.05. The van der Waals surface area contributed by atoms with Crippen LogP contribution in [0.25, 0.3) is 0 Å². The van der Waals surface area contributed by atoms with Crippen LogP contribution in [0.4, 0.5) is 0 Å². The SMILES string of the molecule is O=[C]=[Rh]=[C]=O.[C-]1=CC=CC1. The summed E-state index contributed by atoms with van der Waals surface area (Å²) < 4.78 is 2.83. The molecule has 0 amide bonds. The topological polar surface area (TPSA) is 34.1 Å². The third kappa shape index (κ3) is 7.26. The molecule has 0 saturated heterocycles. The number of hydrogen-bond acceptors (Lipinski definition) is 2. The van der Waals surface area contributed by atoms with Gasteiger partial charge >= 0.3 is 34.8 Å². The predicted octanol–water partition coefficient (Wildman–Crippen LogP) is 0.509. The molecule has 1 aliphatic carbocycles. The molecule has 0 N–H and O–H groups in total. The van der Waals surface area contributed by atoms with E-state index in [9.17, 15) is 0 Å². The molecule has 0 radical (unpaired) electrons. The number of carbonyl (C=O) groups excluding carboxylic acids is 2. The summed E-state index contributed by atoms with van der Waals surface area (Å²) in [6.07, 6.45) is 10.0. The van der Waals surface area contributed by atoms with Crippen molar-refractivity contribution in [3.05, 3.63) is 24.3 Å². The Bertz CT molecular complexity index is 214. The average Bonchev–Trinajstić information content (AvgIpc) is 2.44. The largest absolute Gasteiger partial charge is 0.273 e. The van der Waals surface area contributed by atoms with E-state index in [1.54, 1.807) is 0 Å². The van der Waals surface area contributed by atoms with Crippen molar-refractivity contribution in [2.75, 3.05) is 0 Å². The van der Waals surface area contributed by atoms with E-state index in [1.807, 2.05) is 12.2 Å². The molecule has 0 aromatic carbocycles. The molecule has 55 valence electrons. The number of allylic oxidation sites excluding steroid dienone is 4. The fraction of sp³-hybridized carbons (Fsp3) is 0.143. The Morgan fingerprint density at radius 3 is 2.20 bits per heavy atom. The van der Waals surface area contributed by atoms with E-state index >= 15 is 0 Å². The zero-order chi connectivity index (χ0) is 7.66. The molecule has 0 aromatic heterocycles. The maximum Gasteiger partial charge on any atom is -0.109 e. The molecule has 1 aliphatic rings. The van der Waals surface area contributed by atoms with Crippen molar-refractivity contribution in [1.29, 1.82) is 0 Å². The Morgan fingerprint density at radius 1 is 1.40 bits per heavy atom. The molecule has 0 unspecified atom stereocenters. The van der Waals surface area contributed by atoms with Crippen molar-refractivity contribution >= 4 is 8.95 Å². The van der Waals surface area contributed by atoms with E-state index < -0.39 is 16.2 Å². The van der Waals surface area contributed by atoms with Gasteiger partial charge in [0, 0.05) is 0 Å². The molecule has 10 heavy (non-hydrogen) atoms. The van der Waals surface area contributed by atoms with Crippen LogP contribution in [0.2, 0.25) is 0 Å². The summed E-state index contributed by atoms with van der Waals surface area (Å²) in [4.78, 5) is 18.1. The quantitative estimate of drug-likeness (QED) is 0.443. The molecule has 2 nitrogen and oxygen atoms in total. The summed E-state index contributed by atoms with van der Waals surface area (Å²) in [5.74, 6) is 0. The Kier molecular flexibility index (Phi) is 7.65. The second kappa shape index (κ2) is 8.26. The molecule has 0 fully saturated rings. The minimum atomic E-state index is -0.704. The second-order valence-corrected chi connectivity index (χ2v) is 2.30. The second-order valence-electron chi connectivity index (χ2n) is 1.22. The Morgan fingerprint density at radius 2 is 2.10 bits per heavy atom. The monoisotopic (exact) mass is 224 g/mol. The summed E-state index contributed by atoms with van der Waals surface area (Å²) in [5, 5.41) is 0. The Balaban J connectivity index is 0.000000162. The molecular weight excluding hydrogens is 219 g/mol.